The Morgan fingerprint density at radius 1 is 0.870 bits per heavy atom. The predicted octanol–water partition coefficient (Wildman–Crippen LogP) is 4.51. The summed E-state index contributed by atoms with van der Waals surface area (Å²) in [7, 11) is 0. The Balaban J connectivity index is 3.28. The smallest absolute Gasteiger partial charge is 0.203 e. The number of benzene rings is 1. The Morgan fingerprint density at radius 2 is 1.52 bits per heavy atom. The van der Waals surface area contributed by atoms with E-state index in [1.807, 2.05) is 26.8 Å². The van der Waals surface area contributed by atoms with Gasteiger partial charge >= 0.3 is 0 Å². The van der Waals surface area contributed by atoms with Crippen LogP contribution in [0, 0.1) is 0 Å². The second-order valence-corrected chi connectivity index (χ2v) is 5.53. The second kappa shape index (κ2) is 11.2. The summed E-state index contributed by atoms with van der Waals surface area (Å²) in [5.74, 6) is 2.79. The first-order valence-electron chi connectivity index (χ1n) is 8.98. The molecule has 4 heteroatoms. The van der Waals surface area contributed by atoms with E-state index in [1.165, 1.54) is 5.56 Å². The molecule has 132 valence electrons. The first-order chi connectivity index (χ1) is 11.2. The van der Waals surface area contributed by atoms with Gasteiger partial charge in [0.25, 0.3) is 0 Å². The normalized spacial score (nSPS) is 12.0. The van der Waals surface area contributed by atoms with Crippen molar-refractivity contribution in [2.45, 2.75) is 59.3 Å². The lowest BCUT2D eigenvalue weighted by atomic mass is 9.89. The van der Waals surface area contributed by atoms with Gasteiger partial charge < -0.3 is 19.9 Å². The summed E-state index contributed by atoms with van der Waals surface area (Å²) in [6.07, 6.45) is 4.36. The lowest BCUT2D eigenvalue weighted by molar-refractivity contribution is 0.257. The maximum absolute atomic E-state index is 5.98. The molecule has 1 aromatic carbocycles. The van der Waals surface area contributed by atoms with Crippen LogP contribution in [0.1, 0.15) is 64.9 Å². The molecule has 0 aliphatic heterocycles. The number of rotatable bonds is 12. The van der Waals surface area contributed by atoms with Crippen LogP contribution in [0.3, 0.4) is 0 Å². The van der Waals surface area contributed by atoms with E-state index in [1.54, 1.807) is 0 Å². The fourth-order valence-corrected chi connectivity index (χ4v) is 2.89. The average molecular weight is 323 g/mol. The zero-order chi connectivity index (χ0) is 17.1. The fraction of sp³-hybridized carbons (Fsp3) is 0.684. The molecule has 1 aromatic rings. The van der Waals surface area contributed by atoms with Crippen molar-refractivity contribution in [3.63, 3.8) is 0 Å². The molecule has 0 saturated heterocycles. The van der Waals surface area contributed by atoms with Crippen LogP contribution in [-0.4, -0.2) is 26.4 Å². The van der Waals surface area contributed by atoms with E-state index < -0.39 is 0 Å². The molecule has 1 unspecified atom stereocenters. The van der Waals surface area contributed by atoms with Crippen molar-refractivity contribution < 1.29 is 14.2 Å². The Morgan fingerprint density at radius 3 is 2.09 bits per heavy atom. The van der Waals surface area contributed by atoms with Crippen molar-refractivity contribution in [2.24, 2.45) is 5.73 Å². The molecule has 0 saturated carbocycles. The zero-order valence-electron chi connectivity index (χ0n) is 15.2. The van der Waals surface area contributed by atoms with Crippen molar-refractivity contribution in [3.8, 4) is 17.2 Å². The van der Waals surface area contributed by atoms with Crippen LogP contribution in [0.4, 0.5) is 0 Å². The third kappa shape index (κ3) is 5.61. The Kier molecular flexibility index (Phi) is 9.53. The highest BCUT2D eigenvalue weighted by Gasteiger charge is 2.22. The van der Waals surface area contributed by atoms with Gasteiger partial charge in [-0.15, -0.1) is 0 Å². The standard InChI is InChI=1S/C19H33NO3/c1-5-10-15(11-9-14-20)16-12-13-17(21-6-2)19(23-8-4)18(16)22-7-3/h12-13,15H,5-11,14,20H2,1-4H3. The number of nitrogens with two attached hydrogens (primary N) is 1. The summed E-state index contributed by atoms with van der Waals surface area (Å²) >= 11 is 0. The molecule has 0 aromatic heterocycles. The SMILES string of the molecule is CCCC(CCCN)c1ccc(OCC)c(OCC)c1OCC. The number of ether oxygens (including phenoxy) is 3. The molecule has 0 spiro atoms. The van der Waals surface area contributed by atoms with E-state index in [2.05, 4.69) is 13.0 Å². The molecule has 0 bridgehead atoms. The zero-order valence-corrected chi connectivity index (χ0v) is 15.2. The van der Waals surface area contributed by atoms with Crippen LogP contribution in [0.5, 0.6) is 17.2 Å². The highest BCUT2D eigenvalue weighted by Crippen LogP contribution is 2.45. The van der Waals surface area contributed by atoms with Gasteiger partial charge in [0.1, 0.15) is 0 Å². The second-order valence-electron chi connectivity index (χ2n) is 5.53. The Bertz CT molecular complexity index is 448. The van der Waals surface area contributed by atoms with Gasteiger partial charge in [-0.05, 0) is 58.6 Å². The molecule has 0 fully saturated rings. The molecule has 1 atom stereocenters. The first kappa shape index (κ1) is 19.6. The Hall–Kier alpha value is -1.42. The molecule has 1 rings (SSSR count). The highest BCUT2D eigenvalue weighted by atomic mass is 16.5. The van der Waals surface area contributed by atoms with Crippen LogP contribution in [0.25, 0.3) is 0 Å². The highest BCUT2D eigenvalue weighted by molar-refractivity contribution is 5.57. The largest absolute Gasteiger partial charge is 0.490 e. The lowest BCUT2D eigenvalue weighted by Gasteiger charge is -2.23. The molecule has 0 aliphatic carbocycles. The van der Waals surface area contributed by atoms with E-state index in [0.29, 0.717) is 25.7 Å². The van der Waals surface area contributed by atoms with Crippen LogP contribution < -0.4 is 19.9 Å². The molecule has 0 amide bonds. The summed E-state index contributed by atoms with van der Waals surface area (Å²) in [6, 6.07) is 4.15. The Labute approximate surface area is 141 Å². The van der Waals surface area contributed by atoms with Crippen molar-refractivity contribution >= 4 is 0 Å². The van der Waals surface area contributed by atoms with Crippen molar-refractivity contribution in [2.75, 3.05) is 26.4 Å². The minimum absolute atomic E-state index is 0.444. The topological polar surface area (TPSA) is 53.7 Å². The van der Waals surface area contributed by atoms with Gasteiger partial charge in [-0.25, -0.2) is 0 Å². The molecule has 23 heavy (non-hydrogen) atoms. The van der Waals surface area contributed by atoms with Crippen molar-refractivity contribution in [1.82, 2.24) is 0 Å². The molecule has 0 aliphatic rings. The van der Waals surface area contributed by atoms with Crippen molar-refractivity contribution in [3.05, 3.63) is 17.7 Å². The van der Waals surface area contributed by atoms with E-state index in [-0.39, 0.29) is 0 Å². The molecule has 4 nitrogen and oxygen atoms in total. The molecule has 0 radical (unpaired) electrons. The third-order valence-electron chi connectivity index (χ3n) is 3.82. The van der Waals surface area contributed by atoms with Gasteiger partial charge in [0.05, 0.1) is 19.8 Å². The van der Waals surface area contributed by atoms with Crippen LogP contribution in [0.15, 0.2) is 12.1 Å². The predicted molar refractivity (Wildman–Crippen MR) is 95.9 cm³/mol. The average Bonchev–Trinajstić information content (AvgIpc) is 2.55. The molecule has 2 N–H and O–H groups in total. The third-order valence-corrected chi connectivity index (χ3v) is 3.82. The minimum atomic E-state index is 0.444. The van der Waals surface area contributed by atoms with Crippen molar-refractivity contribution in [1.29, 1.82) is 0 Å². The van der Waals surface area contributed by atoms with Gasteiger partial charge in [-0.3, -0.25) is 0 Å². The van der Waals surface area contributed by atoms with Crippen LogP contribution in [0.2, 0.25) is 0 Å². The quantitative estimate of drug-likeness (QED) is 0.615. The minimum Gasteiger partial charge on any atom is -0.490 e. The van der Waals surface area contributed by atoms with Gasteiger partial charge in [0.2, 0.25) is 5.75 Å². The summed E-state index contributed by atoms with van der Waals surface area (Å²) in [4.78, 5) is 0. The van der Waals surface area contributed by atoms with Gasteiger partial charge in [-0.2, -0.15) is 0 Å². The molecular weight excluding hydrogens is 290 g/mol. The summed E-state index contributed by atoms with van der Waals surface area (Å²) in [6.45, 7) is 10.7. The molecular formula is C19H33NO3. The summed E-state index contributed by atoms with van der Waals surface area (Å²) < 4.78 is 17.6. The summed E-state index contributed by atoms with van der Waals surface area (Å²) in [5.41, 5.74) is 6.93. The van der Waals surface area contributed by atoms with E-state index in [4.69, 9.17) is 19.9 Å². The van der Waals surface area contributed by atoms with Gasteiger partial charge in [-0.1, -0.05) is 19.4 Å². The van der Waals surface area contributed by atoms with Gasteiger partial charge in [0.15, 0.2) is 11.5 Å². The van der Waals surface area contributed by atoms with E-state index >= 15 is 0 Å². The monoisotopic (exact) mass is 323 g/mol. The summed E-state index contributed by atoms with van der Waals surface area (Å²) in [5, 5.41) is 0. The maximum Gasteiger partial charge on any atom is 0.203 e. The first-order valence-corrected chi connectivity index (χ1v) is 8.98. The van der Waals surface area contributed by atoms with E-state index in [0.717, 1.165) is 49.5 Å². The van der Waals surface area contributed by atoms with Crippen LogP contribution in [-0.2, 0) is 0 Å². The van der Waals surface area contributed by atoms with Gasteiger partial charge in [0, 0.05) is 5.56 Å². The fourth-order valence-electron chi connectivity index (χ4n) is 2.89. The lowest BCUT2D eigenvalue weighted by Crippen LogP contribution is -2.09. The molecule has 0 heterocycles. The number of hydrogen-bond acceptors (Lipinski definition) is 4. The van der Waals surface area contributed by atoms with E-state index in [9.17, 15) is 0 Å². The maximum atomic E-state index is 5.98. The van der Waals surface area contributed by atoms with Crippen LogP contribution >= 0.6 is 0 Å². The number of hydrogen-bond donors (Lipinski definition) is 1.